The van der Waals surface area contributed by atoms with Gasteiger partial charge in [0, 0.05) is 6.42 Å². The Morgan fingerprint density at radius 1 is 1.62 bits per heavy atom. The molecule has 0 radical (unpaired) electrons. The van der Waals surface area contributed by atoms with Crippen LogP contribution < -0.4 is 5.32 Å². The third kappa shape index (κ3) is 3.98. The van der Waals surface area contributed by atoms with Crippen LogP contribution in [-0.2, 0) is 4.79 Å². The Bertz CT molecular complexity index is 248. The van der Waals surface area contributed by atoms with Gasteiger partial charge in [0.25, 0.3) is 0 Å². The van der Waals surface area contributed by atoms with Crippen molar-refractivity contribution in [3.63, 3.8) is 0 Å². The van der Waals surface area contributed by atoms with E-state index in [9.17, 15) is 4.79 Å². The highest BCUT2D eigenvalue weighted by atomic mass is 32.1. The number of carbonyl (C=O) groups excluding carboxylic acids is 1. The number of carbonyl (C=O) groups is 1. The van der Waals surface area contributed by atoms with Crippen molar-refractivity contribution in [3.8, 4) is 0 Å². The zero-order valence-corrected chi connectivity index (χ0v) is 8.43. The van der Waals surface area contributed by atoms with Crippen molar-refractivity contribution in [3.05, 3.63) is 5.51 Å². The topological polar surface area (TPSA) is 54.9 Å². The van der Waals surface area contributed by atoms with Crippen LogP contribution in [0.25, 0.3) is 0 Å². The molecule has 5 heteroatoms. The standard InChI is InChI=1S/C8H13N3OS/c1-2-3-4-5-7(12)10-8-11-9-6-13-8/h6H,2-5H2,1H3,(H,10,11,12). The van der Waals surface area contributed by atoms with E-state index in [1.54, 1.807) is 5.51 Å². The van der Waals surface area contributed by atoms with Gasteiger partial charge in [0.15, 0.2) is 0 Å². The van der Waals surface area contributed by atoms with Gasteiger partial charge in [0.1, 0.15) is 5.51 Å². The molecule has 1 rings (SSSR count). The van der Waals surface area contributed by atoms with E-state index < -0.39 is 0 Å². The molecule has 1 heterocycles. The van der Waals surface area contributed by atoms with Crippen molar-refractivity contribution >= 4 is 22.4 Å². The summed E-state index contributed by atoms with van der Waals surface area (Å²) in [6.07, 6.45) is 3.75. The fraction of sp³-hybridized carbons (Fsp3) is 0.625. The largest absolute Gasteiger partial charge is 0.301 e. The van der Waals surface area contributed by atoms with E-state index in [1.807, 2.05) is 0 Å². The second-order valence-corrected chi connectivity index (χ2v) is 3.58. The van der Waals surface area contributed by atoms with Crippen LogP contribution in [0.5, 0.6) is 0 Å². The highest BCUT2D eigenvalue weighted by Crippen LogP contribution is 2.09. The molecule has 0 fully saturated rings. The first-order valence-corrected chi connectivity index (χ1v) is 5.27. The van der Waals surface area contributed by atoms with Crippen molar-refractivity contribution in [1.29, 1.82) is 0 Å². The number of rotatable bonds is 5. The molecule has 0 atom stereocenters. The van der Waals surface area contributed by atoms with Crippen LogP contribution in [0, 0.1) is 0 Å². The van der Waals surface area contributed by atoms with Crippen molar-refractivity contribution in [2.75, 3.05) is 5.32 Å². The van der Waals surface area contributed by atoms with Gasteiger partial charge in [-0.1, -0.05) is 31.1 Å². The molecular formula is C8H13N3OS. The lowest BCUT2D eigenvalue weighted by Crippen LogP contribution is -2.10. The second kappa shape index (κ2) is 5.64. The van der Waals surface area contributed by atoms with E-state index in [0.29, 0.717) is 11.6 Å². The molecule has 1 aromatic rings. The van der Waals surface area contributed by atoms with Gasteiger partial charge in [-0.05, 0) is 6.42 Å². The van der Waals surface area contributed by atoms with Crippen LogP contribution in [0.4, 0.5) is 5.13 Å². The molecule has 0 aliphatic heterocycles. The predicted molar refractivity (Wildman–Crippen MR) is 52.7 cm³/mol. The number of unbranched alkanes of at least 4 members (excludes halogenated alkanes) is 2. The van der Waals surface area contributed by atoms with Crippen LogP contribution in [0.2, 0.25) is 0 Å². The van der Waals surface area contributed by atoms with Crippen LogP contribution in [0.1, 0.15) is 32.6 Å². The number of nitrogens with zero attached hydrogens (tertiary/aromatic N) is 2. The van der Waals surface area contributed by atoms with Crippen LogP contribution in [0.3, 0.4) is 0 Å². The first-order chi connectivity index (χ1) is 6.33. The summed E-state index contributed by atoms with van der Waals surface area (Å²) < 4.78 is 0. The van der Waals surface area contributed by atoms with Gasteiger partial charge in [0.05, 0.1) is 0 Å². The molecule has 0 unspecified atom stereocenters. The molecule has 0 spiro atoms. The fourth-order valence-corrected chi connectivity index (χ4v) is 1.41. The quantitative estimate of drug-likeness (QED) is 0.738. The van der Waals surface area contributed by atoms with E-state index in [1.165, 1.54) is 11.3 Å². The first kappa shape index (κ1) is 10.1. The molecule has 72 valence electrons. The molecule has 0 aromatic carbocycles. The lowest BCUT2D eigenvalue weighted by molar-refractivity contribution is -0.116. The molecule has 4 nitrogen and oxygen atoms in total. The molecule has 1 amide bonds. The summed E-state index contributed by atoms with van der Waals surface area (Å²) in [6, 6.07) is 0. The molecule has 0 bridgehead atoms. The number of aromatic nitrogens is 2. The van der Waals surface area contributed by atoms with Gasteiger partial charge in [0.2, 0.25) is 11.0 Å². The minimum atomic E-state index is 0.0326. The highest BCUT2D eigenvalue weighted by molar-refractivity contribution is 7.13. The third-order valence-electron chi connectivity index (χ3n) is 1.61. The Balaban J connectivity index is 2.18. The average Bonchev–Trinajstić information content (AvgIpc) is 2.57. The molecule has 1 N–H and O–H groups in total. The van der Waals surface area contributed by atoms with Crippen LogP contribution in [-0.4, -0.2) is 16.1 Å². The molecular weight excluding hydrogens is 186 g/mol. The zero-order valence-electron chi connectivity index (χ0n) is 7.62. The molecule has 0 aliphatic carbocycles. The number of anilines is 1. The van der Waals surface area contributed by atoms with Crippen LogP contribution >= 0.6 is 11.3 Å². The Morgan fingerprint density at radius 2 is 2.46 bits per heavy atom. The molecule has 0 saturated heterocycles. The summed E-state index contributed by atoms with van der Waals surface area (Å²) in [4.78, 5) is 11.2. The van der Waals surface area contributed by atoms with E-state index >= 15 is 0 Å². The molecule has 1 aromatic heterocycles. The van der Waals surface area contributed by atoms with E-state index in [2.05, 4.69) is 22.4 Å². The normalized spacial score (nSPS) is 9.92. The van der Waals surface area contributed by atoms with E-state index in [-0.39, 0.29) is 5.91 Å². The monoisotopic (exact) mass is 199 g/mol. The van der Waals surface area contributed by atoms with E-state index in [0.717, 1.165) is 19.3 Å². The van der Waals surface area contributed by atoms with Crippen molar-refractivity contribution in [2.24, 2.45) is 0 Å². The summed E-state index contributed by atoms with van der Waals surface area (Å²) in [5.41, 5.74) is 1.60. The summed E-state index contributed by atoms with van der Waals surface area (Å²) in [5.74, 6) is 0.0326. The van der Waals surface area contributed by atoms with E-state index in [4.69, 9.17) is 0 Å². The summed E-state index contributed by atoms with van der Waals surface area (Å²) in [7, 11) is 0. The van der Waals surface area contributed by atoms with Crippen molar-refractivity contribution in [1.82, 2.24) is 10.2 Å². The molecule has 13 heavy (non-hydrogen) atoms. The summed E-state index contributed by atoms with van der Waals surface area (Å²) >= 11 is 1.34. The number of nitrogens with one attached hydrogen (secondary N) is 1. The van der Waals surface area contributed by atoms with Crippen molar-refractivity contribution < 1.29 is 4.79 Å². The van der Waals surface area contributed by atoms with Gasteiger partial charge in [-0.3, -0.25) is 4.79 Å². The number of amides is 1. The Hall–Kier alpha value is -0.970. The maximum Gasteiger partial charge on any atom is 0.226 e. The third-order valence-corrected chi connectivity index (χ3v) is 2.22. The fourth-order valence-electron chi connectivity index (χ4n) is 0.945. The van der Waals surface area contributed by atoms with Gasteiger partial charge in [-0.25, -0.2) is 0 Å². The second-order valence-electron chi connectivity index (χ2n) is 2.75. The zero-order chi connectivity index (χ0) is 9.52. The Morgan fingerprint density at radius 3 is 3.08 bits per heavy atom. The SMILES string of the molecule is CCCCCC(=O)Nc1nncs1. The van der Waals surface area contributed by atoms with Gasteiger partial charge >= 0.3 is 0 Å². The van der Waals surface area contributed by atoms with Gasteiger partial charge < -0.3 is 5.32 Å². The number of hydrogen-bond donors (Lipinski definition) is 1. The number of hydrogen-bond acceptors (Lipinski definition) is 4. The van der Waals surface area contributed by atoms with Crippen molar-refractivity contribution in [2.45, 2.75) is 32.6 Å². The summed E-state index contributed by atoms with van der Waals surface area (Å²) in [6.45, 7) is 2.11. The minimum Gasteiger partial charge on any atom is -0.301 e. The Kier molecular flexibility index (Phi) is 4.39. The predicted octanol–water partition coefficient (Wildman–Crippen LogP) is 2.06. The maximum atomic E-state index is 11.2. The lowest BCUT2D eigenvalue weighted by atomic mass is 10.2. The minimum absolute atomic E-state index is 0.0326. The van der Waals surface area contributed by atoms with Crippen LogP contribution in [0.15, 0.2) is 5.51 Å². The highest BCUT2D eigenvalue weighted by Gasteiger charge is 2.03. The first-order valence-electron chi connectivity index (χ1n) is 4.39. The lowest BCUT2D eigenvalue weighted by Gasteiger charge is -1.99. The smallest absolute Gasteiger partial charge is 0.226 e. The average molecular weight is 199 g/mol. The van der Waals surface area contributed by atoms with Gasteiger partial charge in [-0.15, -0.1) is 10.2 Å². The molecule has 0 aliphatic rings. The Labute approximate surface area is 81.4 Å². The maximum absolute atomic E-state index is 11.2. The molecule has 0 saturated carbocycles. The summed E-state index contributed by atoms with van der Waals surface area (Å²) in [5, 5.41) is 10.6. The van der Waals surface area contributed by atoms with Gasteiger partial charge in [-0.2, -0.15) is 0 Å².